The monoisotopic (exact) mass is 344 g/mol. The van der Waals surface area contributed by atoms with E-state index in [0.717, 1.165) is 0 Å². The standard InChI is InChI=1S/C14H14ClFN2O3S/c1-8-6-13(18-21-8)17-14(19)9(2)22(20)7-10-11(15)4-3-5-12(10)16/h3-6,9H,7H2,1-2H3,(H,17,18,19). The lowest BCUT2D eigenvalue weighted by Gasteiger charge is -2.12. The van der Waals surface area contributed by atoms with Gasteiger partial charge in [0.1, 0.15) is 16.8 Å². The van der Waals surface area contributed by atoms with Crippen LogP contribution < -0.4 is 5.32 Å². The minimum atomic E-state index is -1.63. The van der Waals surface area contributed by atoms with Crippen molar-refractivity contribution >= 4 is 34.1 Å². The van der Waals surface area contributed by atoms with Crippen LogP contribution in [0.25, 0.3) is 0 Å². The Morgan fingerprint density at radius 3 is 2.86 bits per heavy atom. The maximum atomic E-state index is 13.7. The number of hydrogen-bond acceptors (Lipinski definition) is 4. The normalized spacial score (nSPS) is 13.6. The molecule has 1 aromatic carbocycles. The highest BCUT2D eigenvalue weighted by Crippen LogP contribution is 2.21. The van der Waals surface area contributed by atoms with E-state index < -0.39 is 27.8 Å². The van der Waals surface area contributed by atoms with Crippen LogP contribution in [0, 0.1) is 12.7 Å². The van der Waals surface area contributed by atoms with E-state index in [9.17, 15) is 13.4 Å². The maximum absolute atomic E-state index is 13.7. The van der Waals surface area contributed by atoms with Crippen molar-refractivity contribution in [2.24, 2.45) is 0 Å². The second-order valence-electron chi connectivity index (χ2n) is 4.68. The average Bonchev–Trinajstić information content (AvgIpc) is 2.87. The van der Waals surface area contributed by atoms with E-state index in [0.29, 0.717) is 5.76 Å². The number of rotatable bonds is 5. The fourth-order valence-electron chi connectivity index (χ4n) is 1.71. The van der Waals surface area contributed by atoms with Gasteiger partial charge in [-0.25, -0.2) is 4.39 Å². The molecule has 0 aliphatic carbocycles. The third kappa shape index (κ3) is 3.92. The number of carbonyl (C=O) groups is 1. The van der Waals surface area contributed by atoms with Gasteiger partial charge in [0.15, 0.2) is 5.82 Å². The van der Waals surface area contributed by atoms with Crippen LogP contribution in [0.5, 0.6) is 0 Å². The van der Waals surface area contributed by atoms with Crippen LogP contribution in [0.15, 0.2) is 28.8 Å². The largest absolute Gasteiger partial charge is 0.360 e. The minimum absolute atomic E-state index is 0.138. The predicted molar refractivity (Wildman–Crippen MR) is 82.6 cm³/mol. The summed E-state index contributed by atoms with van der Waals surface area (Å²) in [4.78, 5) is 12.0. The molecule has 0 aliphatic heterocycles. The van der Waals surface area contributed by atoms with Gasteiger partial charge in [-0.3, -0.25) is 9.00 Å². The van der Waals surface area contributed by atoms with E-state index in [1.807, 2.05) is 0 Å². The molecule has 0 fully saturated rings. The van der Waals surface area contributed by atoms with E-state index in [1.165, 1.54) is 25.1 Å². The summed E-state index contributed by atoms with van der Waals surface area (Å²) in [5.41, 5.74) is 0.138. The molecule has 0 bridgehead atoms. The van der Waals surface area contributed by atoms with Crippen molar-refractivity contribution in [3.63, 3.8) is 0 Å². The van der Waals surface area contributed by atoms with Crippen LogP contribution in [0.1, 0.15) is 18.2 Å². The number of nitrogens with zero attached hydrogens (tertiary/aromatic N) is 1. The Bertz CT molecular complexity index is 700. The first-order valence-electron chi connectivity index (χ1n) is 6.42. The second kappa shape index (κ2) is 7.02. The van der Waals surface area contributed by atoms with E-state index in [2.05, 4.69) is 10.5 Å². The van der Waals surface area contributed by atoms with Crippen molar-refractivity contribution < 1.29 is 17.9 Å². The topological polar surface area (TPSA) is 72.2 Å². The van der Waals surface area contributed by atoms with Gasteiger partial charge >= 0.3 is 0 Å². The van der Waals surface area contributed by atoms with Crippen LogP contribution in [-0.4, -0.2) is 20.5 Å². The molecule has 2 aromatic rings. The number of aromatic nitrogens is 1. The number of aryl methyl sites for hydroxylation is 1. The van der Waals surface area contributed by atoms with E-state index >= 15 is 0 Å². The first kappa shape index (κ1) is 16.6. The maximum Gasteiger partial charge on any atom is 0.241 e. The molecule has 5 nitrogen and oxygen atoms in total. The van der Waals surface area contributed by atoms with Crippen LogP contribution in [0.2, 0.25) is 5.02 Å². The Hall–Kier alpha value is -1.73. The van der Waals surface area contributed by atoms with Gasteiger partial charge < -0.3 is 9.84 Å². The Kier molecular flexibility index (Phi) is 5.31. The van der Waals surface area contributed by atoms with Crippen molar-refractivity contribution in [3.05, 3.63) is 46.4 Å². The fourth-order valence-corrected chi connectivity index (χ4v) is 3.14. The summed E-state index contributed by atoms with van der Waals surface area (Å²) < 4.78 is 30.7. The average molecular weight is 345 g/mol. The zero-order valence-electron chi connectivity index (χ0n) is 11.9. The highest BCUT2D eigenvalue weighted by atomic mass is 35.5. The molecule has 0 radical (unpaired) electrons. The van der Waals surface area contributed by atoms with Gasteiger partial charge in [-0.1, -0.05) is 22.8 Å². The van der Waals surface area contributed by atoms with Crippen LogP contribution >= 0.6 is 11.6 Å². The number of hydrogen-bond donors (Lipinski definition) is 1. The molecule has 2 unspecified atom stereocenters. The first-order valence-corrected chi connectivity index (χ1v) is 8.18. The van der Waals surface area contributed by atoms with Crippen LogP contribution in [0.3, 0.4) is 0 Å². The molecular formula is C14H14ClFN2O3S. The number of nitrogens with one attached hydrogen (secondary N) is 1. The number of anilines is 1. The Balaban J connectivity index is 2.04. The molecule has 0 spiro atoms. The molecular weight excluding hydrogens is 331 g/mol. The number of benzene rings is 1. The van der Waals surface area contributed by atoms with Gasteiger partial charge in [-0.2, -0.15) is 0 Å². The molecule has 22 heavy (non-hydrogen) atoms. The Morgan fingerprint density at radius 2 is 2.27 bits per heavy atom. The first-order chi connectivity index (χ1) is 10.4. The smallest absolute Gasteiger partial charge is 0.241 e. The summed E-state index contributed by atoms with van der Waals surface area (Å²) in [7, 11) is -1.63. The van der Waals surface area contributed by atoms with Gasteiger partial charge in [0.25, 0.3) is 0 Å². The SMILES string of the molecule is Cc1cc(NC(=O)C(C)S(=O)Cc2c(F)cccc2Cl)no1. The molecule has 8 heteroatoms. The number of amides is 1. The van der Waals surface area contributed by atoms with Crippen molar-refractivity contribution in [2.45, 2.75) is 24.9 Å². The quantitative estimate of drug-likeness (QED) is 0.904. The highest BCUT2D eigenvalue weighted by Gasteiger charge is 2.23. The zero-order chi connectivity index (χ0) is 16.3. The summed E-state index contributed by atoms with van der Waals surface area (Å²) in [5, 5.41) is 5.45. The zero-order valence-corrected chi connectivity index (χ0v) is 13.5. The lowest BCUT2D eigenvalue weighted by atomic mass is 10.2. The number of halogens is 2. The van der Waals surface area contributed by atoms with Crippen molar-refractivity contribution in [3.8, 4) is 0 Å². The second-order valence-corrected chi connectivity index (χ2v) is 6.84. The van der Waals surface area contributed by atoms with E-state index in [1.54, 1.807) is 13.0 Å². The highest BCUT2D eigenvalue weighted by molar-refractivity contribution is 7.85. The van der Waals surface area contributed by atoms with Gasteiger partial charge in [0.2, 0.25) is 5.91 Å². The molecule has 1 heterocycles. The van der Waals surface area contributed by atoms with Gasteiger partial charge in [0, 0.05) is 27.5 Å². The molecule has 1 N–H and O–H groups in total. The summed E-state index contributed by atoms with van der Waals surface area (Å²) in [6.45, 7) is 3.18. The molecule has 1 aromatic heterocycles. The van der Waals surface area contributed by atoms with Crippen molar-refractivity contribution in [2.75, 3.05) is 5.32 Å². The molecule has 1 amide bonds. The molecule has 2 atom stereocenters. The molecule has 0 aliphatic rings. The molecule has 0 saturated carbocycles. The molecule has 0 saturated heterocycles. The molecule has 118 valence electrons. The lowest BCUT2D eigenvalue weighted by molar-refractivity contribution is -0.115. The summed E-state index contributed by atoms with van der Waals surface area (Å²) >= 11 is 5.89. The van der Waals surface area contributed by atoms with Gasteiger partial charge in [-0.05, 0) is 26.0 Å². The Labute approximate surface area is 134 Å². The van der Waals surface area contributed by atoms with Gasteiger partial charge in [-0.15, -0.1) is 0 Å². The predicted octanol–water partition coefficient (Wildman–Crippen LogP) is 3.05. The lowest BCUT2D eigenvalue weighted by Crippen LogP contribution is -2.30. The van der Waals surface area contributed by atoms with Crippen molar-refractivity contribution in [1.29, 1.82) is 0 Å². The van der Waals surface area contributed by atoms with E-state index in [-0.39, 0.29) is 22.2 Å². The van der Waals surface area contributed by atoms with Crippen LogP contribution in [0.4, 0.5) is 10.2 Å². The minimum Gasteiger partial charge on any atom is -0.360 e. The summed E-state index contributed by atoms with van der Waals surface area (Å²) in [6, 6.07) is 5.76. The van der Waals surface area contributed by atoms with Crippen LogP contribution in [-0.2, 0) is 21.3 Å². The summed E-state index contributed by atoms with van der Waals surface area (Å²) in [5.74, 6) is -0.380. The summed E-state index contributed by atoms with van der Waals surface area (Å²) in [6.07, 6.45) is 0. The third-order valence-electron chi connectivity index (χ3n) is 2.99. The fraction of sp³-hybridized carbons (Fsp3) is 0.286. The molecule has 2 rings (SSSR count). The van der Waals surface area contributed by atoms with Gasteiger partial charge in [0.05, 0.1) is 5.75 Å². The number of carbonyl (C=O) groups excluding carboxylic acids is 1. The third-order valence-corrected chi connectivity index (χ3v) is 4.92. The van der Waals surface area contributed by atoms with Crippen molar-refractivity contribution in [1.82, 2.24) is 5.16 Å². The van der Waals surface area contributed by atoms with E-state index in [4.69, 9.17) is 16.1 Å². The Morgan fingerprint density at radius 1 is 1.55 bits per heavy atom.